The third-order valence-corrected chi connectivity index (χ3v) is 5.94. The third kappa shape index (κ3) is 4.88. The molecule has 0 spiro atoms. The fourth-order valence-corrected chi connectivity index (χ4v) is 3.99. The maximum absolute atomic E-state index is 12.6. The molecule has 1 saturated heterocycles. The number of thioether (sulfide) groups is 1. The van der Waals surface area contributed by atoms with Gasteiger partial charge in [-0.25, -0.2) is 0 Å². The van der Waals surface area contributed by atoms with Gasteiger partial charge in [0.25, 0.3) is 5.22 Å². The van der Waals surface area contributed by atoms with Crippen molar-refractivity contribution in [1.29, 1.82) is 0 Å². The Balaban J connectivity index is 1.26. The first-order valence-electron chi connectivity index (χ1n) is 9.51. The molecule has 7 nitrogen and oxygen atoms in total. The summed E-state index contributed by atoms with van der Waals surface area (Å²) in [5.41, 5.74) is 1.93. The zero-order chi connectivity index (χ0) is 20.9. The smallest absolute Gasteiger partial charge is 0.277 e. The molecular formula is C21H21ClN4O3S. The molecule has 0 N–H and O–H groups in total. The van der Waals surface area contributed by atoms with Crippen molar-refractivity contribution < 1.29 is 13.9 Å². The molecule has 30 heavy (non-hydrogen) atoms. The number of hydrogen-bond donors (Lipinski definition) is 0. The molecule has 9 heteroatoms. The number of amides is 1. The van der Waals surface area contributed by atoms with Crippen LogP contribution in [0, 0.1) is 0 Å². The highest BCUT2D eigenvalue weighted by atomic mass is 35.5. The van der Waals surface area contributed by atoms with E-state index in [1.54, 1.807) is 19.2 Å². The Labute approximate surface area is 184 Å². The van der Waals surface area contributed by atoms with Crippen LogP contribution < -0.4 is 9.64 Å². The average Bonchev–Trinajstić information content (AvgIpc) is 3.27. The number of carbonyl (C=O) groups excluding carboxylic acids is 1. The number of ether oxygens (including phenoxy) is 1. The highest BCUT2D eigenvalue weighted by molar-refractivity contribution is 7.99. The van der Waals surface area contributed by atoms with Crippen molar-refractivity contribution in [1.82, 2.24) is 15.1 Å². The molecule has 0 radical (unpaired) electrons. The van der Waals surface area contributed by atoms with E-state index in [2.05, 4.69) is 15.1 Å². The molecule has 2 heterocycles. The van der Waals surface area contributed by atoms with E-state index >= 15 is 0 Å². The van der Waals surface area contributed by atoms with E-state index in [0.29, 0.717) is 29.2 Å². The van der Waals surface area contributed by atoms with E-state index < -0.39 is 0 Å². The molecule has 1 fully saturated rings. The van der Waals surface area contributed by atoms with Gasteiger partial charge in [0.05, 0.1) is 12.9 Å². The molecule has 0 bridgehead atoms. The van der Waals surface area contributed by atoms with Crippen LogP contribution in [0.3, 0.4) is 0 Å². The number of rotatable bonds is 6. The van der Waals surface area contributed by atoms with Crippen LogP contribution in [-0.4, -0.2) is 60.0 Å². The predicted octanol–water partition coefficient (Wildman–Crippen LogP) is 3.84. The van der Waals surface area contributed by atoms with Gasteiger partial charge in [-0.05, 0) is 48.5 Å². The van der Waals surface area contributed by atoms with Gasteiger partial charge in [-0.2, -0.15) is 0 Å². The molecule has 4 rings (SSSR count). The van der Waals surface area contributed by atoms with Gasteiger partial charge < -0.3 is 19.0 Å². The fourth-order valence-electron chi connectivity index (χ4n) is 3.20. The van der Waals surface area contributed by atoms with Gasteiger partial charge in [0.1, 0.15) is 5.75 Å². The molecular weight excluding hydrogens is 424 g/mol. The van der Waals surface area contributed by atoms with E-state index in [1.807, 2.05) is 41.3 Å². The SMILES string of the molecule is COc1ccc(N2CCN(C(=O)CSc3nnc(-c4ccc(Cl)cc4)o3)CC2)cc1. The predicted molar refractivity (Wildman–Crippen MR) is 117 cm³/mol. The minimum Gasteiger partial charge on any atom is -0.497 e. The maximum atomic E-state index is 12.6. The molecule has 0 aliphatic carbocycles. The van der Waals surface area contributed by atoms with Gasteiger partial charge in [0.15, 0.2) is 0 Å². The highest BCUT2D eigenvalue weighted by Crippen LogP contribution is 2.25. The molecule has 1 aliphatic rings. The second kappa shape index (κ2) is 9.40. The van der Waals surface area contributed by atoms with Gasteiger partial charge in [0, 0.05) is 42.5 Å². The molecule has 0 unspecified atom stereocenters. The number of methoxy groups -OCH3 is 1. The zero-order valence-corrected chi connectivity index (χ0v) is 18.0. The summed E-state index contributed by atoms with van der Waals surface area (Å²) in [5, 5.41) is 9.09. The minimum atomic E-state index is 0.0700. The molecule has 0 atom stereocenters. The molecule has 156 valence electrons. The van der Waals surface area contributed by atoms with E-state index in [-0.39, 0.29) is 11.7 Å². The Morgan fingerprint density at radius 2 is 1.77 bits per heavy atom. The van der Waals surface area contributed by atoms with Crippen molar-refractivity contribution in [2.75, 3.05) is 43.9 Å². The van der Waals surface area contributed by atoms with Crippen LogP contribution in [-0.2, 0) is 4.79 Å². The summed E-state index contributed by atoms with van der Waals surface area (Å²) in [6.07, 6.45) is 0. The second-order valence-corrected chi connectivity index (χ2v) is 8.10. The summed E-state index contributed by atoms with van der Waals surface area (Å²) < 4.78 is 10.9. The van der Waals surface area contributed by atoms with Gasteiger partial charge >= 0.3 is 0 Å². The van der Waals surface area contributed by atoms with Crippen LogP contribution >= 0.6 is 23.4 Å². The van der Waals surface area contributed by atoms with Crippen LogP contribution in [0.4, 0.5) is 5.69 Å². The van der Waals surface area contributed by atoms with Crippen molar-refractivity contribution in [3.8, 4) is 17.2 Å². The van der Waals surface area contributed by atoms with Crippen LogP contribution in [0.25, 0.3) is 11.5 Å². The summed E-state index contributed by atoms with van der Waals surface area (Å²) in [7, 11) is 1.66. The molecule has 1 aliphatic heterocycles. The Morgan fingerprint density at radius 1 is 1.07 bits per heavy atom. The number of nitrogens with zero attached hydrogens (tertiary/aromatic N) is 4. The number of piperazine rings is 1. The fraction of sp³-hybridized carbons (Fsp3) is 0.286. The standard InChI is InChI=1S/C21H21ClN4O3S/c1-28-18-8-6-17(7-9-18)25-10-12-26(13-11-25)19(27)14-30-21-24-23-20(29-21)15-2-4-16(22)5-3-15/h2-9H,10-14H2,1H3. The van der Waals surface area contributed by atoms with Crippen molar-refractivity contribution >= 4 is 35.0 Å². The van der Waals surface area contributed by atoms with E-state index in [9.17, 15) is 4.79 Å². The Morgan fingerprint density at radius 3 is 2.43 bits per heavy atom. The quantitative estimate of drug-likeness (QED) is 0.535. The van der Waals surface area contributed by atoms with Crippen LogP contribution in [0.2, 0.25) is 5.02 Å². The average molecular weight is 445 g/mol. The summed E-state index contributed by atoms with van der Waals surface area (Å²) >= 11 is 7.15. The second-order valence-electron chi connectivity index (χ2n) is 6.73. The van der Waals surface area contributed by atoms with E-state index in [0.717, 1.165) is 30.1 Å². The molecule has 0 saturated carbocycles. The number of hydrogen-bond acceptors (Lipinski definition) is 7. The monoisotopic (exact) mass is 444 g/mol. The summed E-state index contributed by atoms with van der Waals surface area (Å²) in [6.45, 7) is 2.96. The van der Waals surface area contributed by atoms with Crippen molar-refractivity contribution in [2.45, 2.75) is 5.22 Å². The third-order valence-electron chi connectivity index (χ3n) is 4.89. The minimum absolute atomic E-state index is 0.0700. The number of halogens is 1. The van der Waals surface area contributed by atoms with Crippen molar-refractivity contribution in [2.24, 2.45) is 0 Å². The lowest BCUT2D eigenvalue weighted by Crippen LogP contribution is -2.49. The molecule has 3 aromatic rings. The molecule has 1 aromatic heterocycles. The van der Waals surface area contributed by atoms with Gasteiger partial charge in [-0.3, -0.25) is 4.79 Å². The first kappa shape index (κ1) is 20.6. The van der Waals surface area contributed by atoms with Crippen LogP contribution in [0.1, 0.15) is 0 Å². The van der Waals surface area contributed by atoms with Gasteiger partial charge in [-0.1, -0.05) is 23.4 Å². The van der Waals surface area contributed by atoms with Crippen molar-refractivity contribution in [3.05, 3.63) is 53.6 Å². The molecule has 1 amide bonds. The van der Waals surface area contributed by atoms with Crippen molar-refractivity contribution in [3.63, 3.8) is 0 Å². The summed E-state index contributed by atoms with van der Waals surface area (Å²) in [4.78, 5) is 16.7. The summed E-state index contributed by atoms with van der Waals surface area (Å²) in [6, 6.07) is 15.2. The normalized spacial score (nSPS) is 14.1. The number of carbonyl (C=O) groups is 1. The molecule has 2 aromatic carbocycles. The number of aromatic nitrogens is 2. The highest BCUT2D eigenvalue weighted by Gasteiger charge is 2.22. The van der Waals surface area contributed by atoms with Gasteiger partial charge in [0.2, 0.25) is 11.8 Å². The largest absolute Gasteiger partial charge is 0.497 e. The Hall–Kier alpha value is -2.71. The van der Waals surface area contributed by atoms with Crippen LogP contribution in [0.5, 0.6) is 5.75 Å². The lowest BCUT2D eigenvalue weighted by molar-refractivity contribution is -0.128. The topological polar surface area (TPSA) is 71.7 Å². The lowest BCUT2D eigenvalue weighted by Gasteiger charge is -2.36. The number of benzene rings is 2. The Bertz CT molecular complexity index is 986. The van der Waals surface area contributed by atoms with Crippen LogP contribution in [0.15, 0.2) is 58.2 Å². The first-order chi connectivity index (χ1) is 14.6. The lowest BCUT2D eigenvalue weighted by atomic mass is 10.2. The maximum Gasteiger partial charge on any atom is 0.277 e. The summed E-state index contributed by atoms with van der Waals surface area (Å²) in [5.74, 6) is 1.59. The van der Waals surface area contributed by atoms with E-state index in [4.69, 9.17) is 20.8 Å². The zero-order valence-electron chi connectivity index (χ0n) is 16.5. The van der Waals surface area contributed by atoms with E-state index in [1.165, 1.54) is 11.8 Å². The first-order valence-corrected chi connectivity index (χ1v) is 10.9. The number of anilines is 1. The Kier molecular flexibility index (Phi) is 6.44. The van der Waals surface area contributed by atoms with Gasteiger partial charge in [-0.15, -0.1) is 10.2 Å².